The van der Waals surface area contributed by atoms with Crippen LogP contribution in [-0.2, 0) is 9.59 Å². The predicted octanol–water partition coefficient (Wildman–Crippen LogP) is 2.83. The number of carbonyl (C=O) groups is 2. The standard InChI is InChI=1S/C19H19FN2O4/c1-25-14-8-13(9-15(10-14)26-2)21-19(24)12-7-18(23)22(11-12)17-6-4-3-5-16(17)20/h3-6,8-10,12H,7,11H2,1-2H3,(H,21,24)/t12-/m1/s1. The number of para-hydroxylation sites is 1. The molecular weight excluding hydrogens is 339 g/mol. The number of halogens is 1. The molecule has 26 heavy (non-hydrogen) atoms. The molecule has 0 radical (unpaired) electrons. The Balaban J connectivity index is 1.74. The fraction of sp³-hybridized carbons (Fsp3) is 0.263. The number of anilines is 2. The summed E-state index contributed by atoms with van der Waals surface area (Å²) in [6.07, 6.45) is 0.0290. The maximum absolute atomic E-state index is 13.9. The number of nitrogens with zero attached hydrogens (tertiary/aromatic N) is 1. The lowest BCUT2D eigenvalue weighted by molar-refractivity contribution is -0.122. The molecule has 2 aromatic rings. The highest BCUT2D eigenvalue weighted by atomic mass is 19.1. The lowest BCUT2D eigenvalue weighted by Crippen LogP contribution is -2.28. The monoisotopic (exact) mass is 358 g/mol. The van der Waals surface area contributed by atoms with Gasteiger partial charge in [0.25, 0.3) is 0 Å². The summed E-state index contributed by atoms with van der Waals surface area (Å²) in [5.74, 6) is -0.574. The first-order valence-electron chi connectivity index (χ1n) is 8.10. The van der Waals surface area contributed by atoms with Gasteiger partial charge in [-0.25, -0.2) is 4.39 Å². The van der Waals surface area contributed by atoms with Crippen molar-refractivity contribution in [3.05, 3.63) is 48.3 Å². The van der Waals surface area contributed by atoms with Gasteiger partial charge >= 0.3 is 0 Å². The van der Waals surface area contributed by atoms with Crippen molar-refractivity contribution in [1.29, 1.82) is 0 Å². The first kappa shape index (κ1) is 17.7. The average molecular weight is 358 g/mol. The van der Waals surface area contributed by atoms with E-state index in [1.165, 1.54) is 31.3 Å². The van der Waals surface area contributed by atoms with Gasteiger partial charge in [0.2, 0.25) is 11.8 Å². The van der Waals surface area contributed by atoms with E-state index < -0.39 is 11.7 Å². The topological polar surface area (TPSA) is 67.9 Å². The van der Waals surface area contributed by atoms with E-state index in [-0.39, 0.29) is 30.5 Å². The van der Waals surface area contributed by atoms with E-state index in [1.807, 2.05) is 0 Å². The van der Waals surface area contributed by atoms with Crippen LogP contribution in [0.2, 0.25) is 0 Å². The summed E-state index contributed by atoms with van der Waals surface area (Å²) in [4.78, 5) is 26.1. The van der Waals surface area contributed by atoms with Crippen LogP contribution in [0.3, 0.4) is 0 Å². The van der Waals surface area contributed by atoms with Gasteiger partial charge < -0.3 is 19.7 Å². The Morgan fingerprint density at radius 2 is 1.81 bits per heavy atom. The van der Waals surface area contributed by atoms with E-state index in [9.17, 15) is 14.0 Å². The number of hydrogen-bond acceptors (Lipinski definition) is 4. The third kappa shape index (κ3) is 3.61. The minimum absolute atomic E-state index is 0.0290. The zero-order chi connectivity index (χ0) is 18.7. The molecule has 1 heterocycles. The van der Waals surface area contributed by atoms with Crippen LogP contribution in [0.1, 0.15) is 6.42 Å². The van der Waals surface area contributed by atoms with Crippen molar-refractivity contribution in [1.82, 2.24) is 0 Å². The van der Waals surface area contributed by atoms with Gasteiger partial charge in [0, 0.05) is 36.9 Å². The molecule has 1 atom stereocenters. The fourth-order valence-corrected chi connectivity index (χ4v) is 2.91. The van der Waals surface area contributed by atoms with Crippen molar-refractivity contribution in [2.75, 3.05) is 31.0 Å². The highest BCUT2D eigenvalue weighted by Gasteiger charge is 2.36. The van der Waals surface area contributed by atoms with Crippen molar-refractivity contribution in [2.24, 2.45) is 5.92 Å². The van der Waals surface area contributed by atoms with Crippen LogP contribution in [0.25, 0.3) is 0 Å². The van der Waals surface area contributed by atoms with E-state index >= 15 is 0 Å². The second kappa shape index (κ2) is 7.43. The average Bonchev–Trinajstić information content (AvgIpc) is 3.03. The molecule has 1 N–H and O–H groups in total. The van der Waals surface area contributed by atoms with Gasteiger partial charge in [-0.3, -0.25) is 9.59 Å². The molecule has 0 spiro atoms. The molecule has 7 heteroatoms. The molecular formula is C19H19FN2O4. The number of amides is 2. The van der Waals surface area contributed by atoms with Crippen molar-refractivity contribution < 1.29 is 23.5 Å². The van der Waals surface area contributed by atoms with E-state index in [0.29, 0.717) is 17.2 Å². The van der Waals surface area contributed by atoms with Crippen molar-refractivity contribution in [3.8, 4) is 11.5 Å². The third-order valence-electron chi connectivity index (χ3n) is 4.26. The Bertz CT molecular complexity index is 818. The highest BCUT2D eigenvalue weighted by molar-refractivity contribution is 6.03. The lowest BCUT2D eigenvalue weighted by atomic mass is 10.1. The molecule has 1 fully saturated rings. The van der Waals surface area contributed by atoms with Gasteiger partial charge in [-0.05, 0) is 12.1 Å². The Morgan fingerprint density at radius 1 is 1.15 bits per heavy atom. The van der Waals surface area contributed by atoms with Crippen molar-refractivity contribution in [2.45, 2.75) is 6.42 Å². The van der Waals surface area contributed by atoms with Crippen LogP contribution in [-0.4, -0.2) is 32.6 Å². The smallest absolute Gasteiger partial charge is 0.229 e. The van der Waals surface area contributed by atoms with Gasteiger partial charge in [0.05, 0.1) is 25.8 Å². The summed E-state index contributed by atoms with van der Waals surface area (Å²) in [6, 6.07) is 11.0. The van der Waals surface area contributed by atoms with Crippen molar-refractivity contribution >= 4 is 23.2 Å². The largest absolute Gasteiger partial charge is 0.497 e. The van der Waals surface area contributed by atoms with Gasteiger partial charge in [0.1, 0.15) is 17.3 Å². The summed E-state index contributed by atoms with van der Waals surface area (Å²) in [6.45, 7) is 0.132. The number of ether oxygens (including phenoxy) is 2. The summed E-state index contributed by atoms with van der Waals surface area (Å²) < 4.78 is 24.3. The van der Waals surface area contributed by atoms with E-state index in [4.69, 9.17) is 9.47 Å². The number of carbonyl (C=O) groups excluding carboxylic acids is 2. The molecule has 2 aromatic carbocycles. The number of hydrogen-bond donors (Lipinski definition) is 1. The predicted molar refractivity (Wildman–Crippen MR) is 95.0 cm³/mol. The highest BCUT2D eigenvalue weighted by Crippen LogP contribution is 2.29. The second-order valence-electron chi connectivity index (χ2n) is 5.95. The quantitative estimate of drug-likeness (QED) is 0.892. The first-order chi connectivity index (χ1) is 12.5. The van der Waals surface area contributed by atoms with E-state index in [0.717, 1.165) is 0 Å². The number of benzene rings is 2. The molecule has 1 aliphatic heterocycles. The molecule has 0 aliphatic carbocycles. The Hall–Kier alpha value is -3.09. The van der Waals surface area contributed by atoms with E-state index in [1.54, 1.807) is 30.3 Å². The normalized spacial score (nSPS) is 16.5. The van der Waals surface area contributed by atoms with Crippen LogP contribution < -0.4 is 19.7 Å². The Labute approximate surface area is 150 Å². The Kier molecular flexibility index (Phi) is 5.06. The van der Waals surface area contributed by atoms with Gasteiger partial charge in [0.15, 0.2) is 0 Å². The summed E-state index contributed by atoms with van der Waals surface area (Å²) in [5, 5.41) is 2.77. The minimum atomic E-state index is -0.570. The zero-order valence-electron chi connectivity index (χ0n) is 14.5. The molecule has 3 rings (SSSR count). The van der Waals surface area contributed by atoms with Crippen LogP contribution in [0.15, 0.2) is 42.5 Å². The molecule has 0 unspecified atom stereocenters. The lowest BCUT2D eigenvalue weighted by Gasteiger charge is -2.17. The van der Waals surface area contributed by atoms with Gasteiger partial charge in [-0.2, -0.15) is 0 Å². The zero-order valence-corrected chi connectivity index (χ0v) is 14.5. The summed E-state index contributed by atoms with van der Waals surface area (Å²) >= 11 is 0. The van der Waals surface area contributed by atoms with Crippen LogP contribution in [0, 0.1) is 11.7 Å². The molecule has 6 nitrogen and oxygen atoms in total. The molecule has 0 saturated carbocycles. The van der Waals surface area contributed by atoms with E-state index in [2.05, 4.69) is 5.32 Å². The molecule has 0 bridgehead atoms. The maximum Gasteiger partial charge on any atom is 0.229 e. The number of methoxy groups -OCH3 is 2. The van der Waals surface area contributed by atoms with Crippen LogP contribution in [0.5, 0.6) is 11.5 Å². The molecule has 1 saturated heterocycles. The fourth-order valence-electron chi connectivity index (χ4n) is 2.91. The SMILES string of the molecule is COc1cc(NC(=O)[C@@H]2CC(=O)N(c3ccccc3F)C2)cc(OC)c1. The van der Waals surface area contributed by atoms with Crippen molar-refractivity contribution in [3.63, 3.8) is 0 Å². The number of nitrogens with one attached hydrogen (secondary N) is 1. The maximum atomic E-state index is 13.9. The molecule has 2 amide bonds. The first-order valence-corrected chi connectivity index (χ1v) is 8.10. The Morgan fingerprint density at radius 3 is 2.42 bits per heavy atom. The second-order valence-corrected chi connectivity index (χ2v) is 5.95. The molecule has 136 valence electrons. The van der Waals surface area contributed by atoms with Gasteiger partial charge in [-0.15, -0.1) is 0 Å². The summed E-state index contributed by atoms with van der Waals surface area (Å²) in [7, 11) is 3.03. The van der Waals surface area contributed by atoms with Crippen LogP contribution in [0.4, 0.5) is 15.8 Å². The molecule has 1 aliphatic rings. The molecule has 0 aromatic heterocycles. The number of rotatable bonds is 5. The summed E-state index contributed by atoms with van der Waals surface area (Å²) in [5.41, 5.74) is 0.693. The van der Waals surface area contributed by atoms with Crippen LogP contribution >= 0.6 is 0 Å². The minimum Gasteiger partial charge on any atom is -0.497 e. The van der Waals surface area contributed by atoms with Gasteiger partial charge in [-0.1, -0.05) is 12.1 Å². The third-order valence-corrected chi connectivity index (χ3v) is 4.26.